The van der Waals surface area contributed by atoms with Crippen LogP contribution in [0.15, 0.2) is 42.5 Å². The molecular weight excluding hydrogens is 422 g/mol. The van der Waals surface area contributed by atoms with Crippen LogP contribution in [-0.4, -0.2) is 62.1 Å². The molecule has 2 aromatic rings. The van der Waals surface area contributed by atoms with E-state index in [9.17, 15) is 9.59 Å². The van der Waals surface area contributed by atoms with Gasteiger partial charge in [0.15, 0.2) is 0 Å². The number of benzene rings is 2. The molecule has 0 aliphatic carbocycles. The first kappa shape index (κ1) is 22.8. The van der Waals surface area contributed by atoms with Gasteiger partial charge in [0.1, 0.15) is 11.6 Å². The maximum absolute atomic E-state index is 12.8. The molecule has 0 radical (unpaired) electrons. The highest BCUT2D eigenvalue weighted by molar-refractivity contribution is 6.05. The summed E-state index contributed by atoms with van der Waals surface area (Å²) in [5, 5.41) is 11.3. The molecule has 2 heterocycles. The fourth-order valence-electron chi connectivity index (χ4n) is 4.02. The maximum Gasteiger partial charge on any atom is 0.302 e. The Morgan fingerprint density at radius 1 is 1.12 bits per heavy atom. The van der Waals surface area contributed by atoms with Gasteiger partial charge in [0, 0.05) is 42.7 Å². The van der Waals surface area contributed by atoms with Gasteiger partial charge in [-0.1, -0.05) is 6.07 Å². The molecule has 8 nitrogen and oxygen atoms in total. The van der Waals surface area contributed by atoms with Crippen molar-refractivity contribution in [3.05, 3.63) is 59.2 Å². The Labute approximate surface area is 193 Å². The van der Waals surface area contributed by atoms with Crippen LogP contribution >= 0.6 is 0 Å². The van der Waals surface area contributed by atoms with Gasteiger partial charge in [0.25, 0.3) is 5.91 Å². The molecule has 1 fully saturated rings. The number of ether oxygens (including phenoxy) is 3. The highest BCUT2D eigenvalue weighted by atomic mass is 16.5. The minimum atomic E-state index is -0.271. The lowest BCUT2D eigenvalue weighted by molar-refractivity contribution is -0.141. The molecule has 33 heavy (non-hydrogen) atoms. The van der Waals surface area contributed by atoms with E-state index in [-0.39, 0.29) is 17.8 Å². The third-order valence-electron chi connectivity index (χ3n) is 5.89. The molecule has 8 heteroatoms. The zero-order valence-corrected chi connectivity index (χ0v) is 18.8. The number of rotatable bonds is 6. The Hall–Kier alpha value is -3.39. The summed E-state index contributed by atoms with van der Waals surface area (Å²) in [5.41, 5.74) is 3.05. The molecule has 0 aromatic heterocycles. The summed E-state index contributed by atoms with van der Waals surface area (Å²) in [6.07, 6.45) is 1.58. The molecule has 1 amide bonds. The van der Waals surface area contributed by atoms with Gasteiger partial charge < -0.3 is 24.4 Å². The van der Waals surface area contributed by atoms with Crippen molar-refractivity contribution in [3.63, 3.8) is 0 Å². The van der Waals surface area contributed by atoms with E-state index >= 15 is 0 Å². The van der Waals surface area contributed by atoms with Crippen LogP contribution in [0.1, 0.15) is 34.8 Å². The van der Waals surface area contributed by atoms with E-state index in [2.05, 4.69) is 5.32 Å². The number of hydrogen-bond acceptors (Lipinski definition) is 6. The second-order valence-corrected chi connectivity index (χ2v) is 8.31. The quantitative estimate of drug-likeness (QED) is 0.398. The van der Waals surface area contributed by atoms with Gasteiger partial charge in [0.2, 0.25) is 0 Å². The van der Waals surface area contributed by atoms with Crippen molar-refractivity contribution in [1.82, 2.24) is 4.90 Å². The molecule has 2 aliphatic heterocycles. The molecular formula is C25H29N3O5. The second-order valence-electron chi connectivity index (χ2n) is 8.31. The molecule has 0 spiro atoms. The lowest BCUT2D eigenvalue weighted by atomic mass is 9.93. The van der Waals surface area contributed by atoms with Crippen LogP contribution in [-0.2, 0) is 20.7 Å². The largest absolute Gasteiger partial charge is 0.493 e. The van der Waals surface area contributed by atoms with Crippen molar-refractivity contribution in [2.24, 2.45) is 5.92 Å². The highest BCUT2D eigenvalue weighted by Gasteiger charge is 2.22. The van der Waals surface area contributed by atoms with Crippen LogP contribution in [0.25, 0.3) is 0 Å². The fourth-order valence-corrected chi connectivity index (χ4v) is 4.02. The van der Waals surface area contributed by atoms with E-state index < -0.39 is 0 Å². The number of hydrogen-bond donors (Lipinski definition) is 2. The Morgan fingerprint density at radius 2 is 1.85 bits per heavy atom. The normalized spacial score (nSPS) is 17.5. The van der Waals surface area contributed by atoms with Crippen LogP contribution in [0.4, 0.5) is 5.69 Å². The monoisotopic (exact) mass is 451 g/mol. The van der Waals surface area contributed by atoms with Crippen LogP contribution in [0.2, 0.25) is 0 Å². The lowest BCUT2D eigenvalue weighted by Crippen LogP contribution is -2.40. The molecule has 0 saturated carbocycles. The first-order valence-corrected chi connectivity index (χ1v) is 11.2. The van der Waals surface area contributed by atoms with Crippen molar-refractivity contribution in [2.45, 2.75) is 19.8 Å². The predicted molar refractivity (Wildman–Crippen MR) is 124 cm³/mol. The van der Waals surface area contributed by atoms with Crippen LogP contribution in [0, 0.1) is 11.3 Å². The highest BCUT2D eigenvalue weighted by Crippen LogP contribution is 2.30. The SMILES string of the molecule is CC(=O)OCCC1COc2cc(C(=O)Nc3ccc(C(=N)N4CCOCC4)cc3)ccc2C1. The van der Waals surface area contributed by atoms with Gasteiger partial charge in [-0.15, -0.1) is 0 Å². The average Bonchev–Trinajstić information content (AvgIpc) is 2.84. The van der Waals surface area contributed by atoms with Gasteiger partial charge in [-0.05, 0) is 54.8 Å². The third-order valence-corrected chi connectivity index (χ3v) is 5.89. The summed E-state index contributed by atoms with van der Waals surface area (Å²) in [7, 11) is 0. The zero-order valence-electron chi connectivity index (χ0n) is 18.8. The zero-order chi connectivity index (χ0) is 23.2. The van der Waals surface area contributed by atoms with Crippen molar-refractivity contribution >= 4 is 23.4 Å². The van der Waals surface area contributed by atoms with Gasteiger partial charge in [-0.2, -0.15) is 0 Å². The van der Waals surface area contributed by atoms with Gasteiger partial charge >= 0.3 is 5.97 Å². The van der Waals surface area contributed by atoms with E-state index in [1.807, 2.05) is 35.2 Å². The van der Waals surface area contributed by atoms with Crippen molar-refractivity contribution < 1.29 is 23.8 Å². The standard InChI is InChI=1S/C25H29N3O5/c1-17(29)32-11-8-18-14-20-2-3-21(15-23(20)33-16-18)25(30)27-22-6-4-19(5-7-22)24(26)28-9-12-31-13-10-28/h2-7,15,18,26H,8-14,16H2,1H3,(H,27,30). The smallest absolute Gasteiger partial charge is 0.302 e. The van der Waals surface area contributed by atoms with Crippen molar-refractivity contribution in [2.75, 3.05) is 44.8 Å². The summed E-state index contributed by atoms with van der Waals surface area (Å²) in [4.78, 5) is 25.7. The number of nitrogens with zero attached hydrogens (tertiary/aromatic N) is 1. The van der Waals surface area contributed by atoms with E-state index in [1.165, 1.54) is 6.92 Å². The van der Waals surface area contributed by atoms with E-state index in [0.717, 1.165) is 29.7 Å². The van der Waals surface area contributed by atoms with Crippen molar-refractivity contribution in [3.8, 4) is 5.75 Å². The Balaban J connectivity index is 1.33. The summed E-state index contributed by atoms with van der Waals surface area (Å²) in [5.74, 6) is 0.989. The molecule has 0 bridgehead atoms. The number of amides is 1. The number of carbonyl (C=O) groups is 2. The van der Waals surface area contributed by atoms with Crippen LogP contribution < -0.4 is 10.1 Å². The molecule has 2 aromatic carbocycles. The number of esters is 1. The third kappa shape index (κ3) is 5.90. The van der Waals surface area contributed by atoms with Crippen LogP contribution in [0.3, 0.4) is 0 Å². The van der Waals surface area contributed by atoms with E-state index in [0.29, 0.717) is 56.6 Å². The second kappa shape index (κ2) is 10.5. The fraction of sp³-hybridized carbons (Fsp3) is 0.400. The number of anilines is 1. The summed E-state index contributed by atoms with van der Waals surface area (Å²) < 4.78 is 16.2. The topological polar surface area (TPSA) is 101 Å². The Bertz CT molecular complexity index is 1020. The first-order valence-electron chi connectivity index (χ1n) is 11.2. The number of nitrogens with one attached hydrogen (secondary N) is 2. The maximum atomic E-state index is 12.8. The predicted octanol–water partition coefficient (Wildman–Crippen LogP) is 3.10. The minimum Gasteiger partial charge on any atom is -0.493 e. The molecule has 1 unspecified atom stereocenters. The molecule has 2 aliphatic rings. The van der Waals surface area contributed by atoms with Gasteiger partial charge in [0.05, 0.1) is 26.4 Å². The molecule has 174 valence electrons. The Morgan fingerprint density at radius 3 is 2.58 bits per heavy atom. The number of amidine groups is 1. The van der Waals surface area contributed by atoms with E-state index in [1.54, 1.807) is 12.1 Å². The molecule has 2 N–H and O–H groups in total. The van der Waals surface area contributed by atoms with Gasteiger partial charge in [-0.25, -0.2) is 0 Å². The molecule has 4 rings (SSSR count). The summed E-state index contributed by atoms with van der Waals surface area (Å²) in [6.45, 7) is 5.03. The molecule has 1 atom stereocenters. The number of fused-ring (bicyclic) bond motifs is 1. The minimum absolute atomic E-state index is 0.214. The average molecular weight is 452 g/mol. The molecule has 1 saturated heterocycles. The Kier molecular flexibility index (Phi) is 7.24. The summed E-state index contributed by atoms with van der Waals surface area (Å²) >= 11 is 0. The van der Waals surface area contributed by atoms with Crippen LogP contribution in [0.5, 0.6) is 5.75 Å². The number of morpholine rings is 1. The lowest BCUT2D eigenvalue weighted by Gasteiger charge is -2.29. The first-order chi connectivity index (χ1) is 16.0. The van der Waals surface area contributed by atoms with Crippen molar-refractivity contribution in [1.29, 1.82) is 5.41 Å². The van der Waals surface area contributed by atoms with Gasteiger partial charge in [-0.3, -0.25) is 15.0 Å². The summed E-state index contributed by atoms with van der Waals surface area (Å²) in [6, 6.07) is 12.8. The number of carbonyl (C=O) groups excluding carboxylic acids is 2. The van der Waals surface area contributed by atoms with E-state index in [4.69, 9.17) is 19.6 Å².